The van der Waals surface area contributed by atoms with Crippen molar-refractivity contribution < 1.29 is 9.53 Å². The predicted octanol–water partition coefficient (Wildman–Crippen LogP) is 3.07. The second kappa shape index (κ2) is 7.67. The van der Waals surface area contributed by atoms with Gasteiger partial charge in [0.05, 0.1) is 6.54 Å². The summed E-state index contributed by atoms with van der Waals surface area (Å²) in [5.41, 5.74) is -0.142. The van der Waals surface area contributed by atoms with E-state index in [2.05, 4.69) is 10.3 Å². The first-order chi connectivity index (χ1) is 8.40. The number of aromatic nitrogens is 1. The highest BCUT2D eigenvalue weighted by atomic mass is 32.1. The number of hydrogen-bond donors (Lipinski definition) is 1. The molecular weight excluding hydrogens is 250 g/mol. The number of hydrogen-bond acceptors (Lipinski definition) is 5. The van der Waals surface area contributed by atoms with Gasteiger partial charge in [-0.25, -0.2) is 9.78 Å². The number of nitriles is 1. The van der Waals surface area contributed by atoms with Crippen LogP contribution in [0.2, 0.25) is 0 Å². The third-order valence-corrected chi connectivity index (χ3v) is 2.30. The molecule has 1 aromatic heterocycles. The van der Waals surface area contributed by atoms with Crippen molar-refractivity contribution in [1.82, 2.24) is 10.3 Å². The summed E-state index contributed by atoms with van der Waals surface area (Å²) < 4.78 is 5.05. The molecule has 0 saturated carbocycles. The van der Waals surface area contributed by atoms with E-state index in [1.165, 1.54) is 11.3 Å². The van der Waals surface area contributed by atoms with Gasteiger partial charge in [0, 0.05) is 5.38 Å². The Morgan fingerprint density at radius 2 is 2.17 bits per heavy atom. The van der Waals surface area contributed by atoms with Crippen LogP contribution in [0.5, 0.6) is 0 Å². The maximum absolute atomic E-state index is 11.3. The Balaban J connectivity index is 0.00000137. The largest absolute Gasteiger partial charge is 0.444 e. The van der Waals surface area contributed by atoms with Crippen LogP contribution in [0.1, 0.15) is 45.3 Å². The number of alkyl carbamates (subject to hydrolysis) is 1. The molecule has 0 bridgehead atoms. The van der Waals surface area contributed by atoms with Gasteiger partial charge in [0.1, 0.15) is 16.7 Å². The van der Waals surface area contributed by atoms with E-state index in [-0.39, 0.29) is 6.54 Å². The standard InChI is InChI=1S/C10H13N3O2S.C2H6/c1-10(2,3)15-9(14)12-5-8-13-7(4-11)6-16-8;1-2/h6H,5H2,1-3H3,(H,12,14);1-2H3. The van der Waals surface area contributed by atoms with Gasteiger partial charge in [0.25, 0.3) is 0 Å². The van der Waals surface area contributed by atoms with Gasteiger partial charge in [-0.15, -0.1) is 11.3 Å². The van der Waals surface area contributed by atoms with Crippen molar-refractivity contribution in [2.45, 2.75) is 46.8 Å². The van der Waals surface area contributed by atoms with Gasteiger partial charge in [-0.2, -0.15) is 5.26 Å². The summed E-state index contributed by atoms with van der Waals surface area (Å²) in [5.74, 6) is 0. The fourth-order valence-electron chi connectivity index (χ4n) is 0.905. The Morgan fingerprint density at radius 1 is 1.56 bits per heavy atom. The molecule has 1 aromatic rings. The van der Waals surface area contributed by atoms with Crippen molar-refractivity contribution in [2.75, 3.05) is 0 Å². The molecule has 0 unspecified atom stereocenters. The van der Waals surface area contributed by atoms with Gasteiger partial charge in [0.2, 0.25) is 0 Å². The van der Waals surface area contributed by atoms with Gasteiger partial charge in [0.15, 0.2) is 5.69 Å². The molecule has 0 fully saturated rings. The number of carbonyl (C=O) groups excluding carboxylic acids is 1. The summed E-state index contributed by atoms with van der Waals surface area (Å²) in [6.45, 7) is 9.67. The topological polar surface area (TPSA) is 75.0 Å². The monoisotopic (exact) mass is 269 g/mol. The molecule has 1 N–H and O–H groups in total. The molecule has 0 saturated heterocycles. The molecule has 0 aliphatic rings. The molecule has 0 radical (unpaired) electrons. The molecular formula is C12H19N3O2S. The molecule has 5 nitrogen and oxygen atoms in total. The number of nitrogens with zero attached hydrogens (tertiary/aromatic N) is 2. The second-order valence-electron chi connectivity index (χ2n) is 4.09. The molecule has 0 spiro atoms. The average Bonchev–Trinajstić information content (AvgIpc) is 2.75. The number of nitrogens with one attached hydrogen (secondary N) is 1. The molecule has 0 aliphatic carbocycles. The van der Waals surface area contributed by atoms with Crippen molar-refractivity contribution in [3.63, 3.8) is 0 Å². The Bertz CT molecular complexity index is 416. The SMILES string of the molecule is CC.CC(C)(C)OC(=O)NCc1nc(C#N)cs1. The smallest absolute Gasteiger partial charge is 0.408 e. The molecule has 1 rings (SSSR count). The minimum atomic E-state index is -0.509. The molecule has 18 heavy (non-hydrogen) atoms. The summed E-state index contributed by atoms with van der Waals surface area (Å²) in [6, 6.07) is 1.93. The lowest BCUT2D eigenvalue weighted by Crippen LogP contribution is -2.32. The van der Waals surface area contributed by atoms with E-state index in [9.17, 15) is 4.79 Å². The van der Waals surface area contributed by atoms with E-state index in [1.807, 2.05) is 19.9 Å². The van der Waals surface area contributed by atoms with Crippen LogP contribution in [0.4, 0.5) is 4.79 Å². The van der Waals surface area contributed by atoms with Crippen LogP contribution >= 0.6 is 11.3 Å². The Hall–Kier alpha value is -1.61. The third kappa shape index (κ3) is 6.86. The van der Waals surface area contributed by atoms with Gasteiger partial charge in [-0.3, -0.25) is 0 Å². The summed E-state index contributed by atoms with van der Waals surface area (Å²) in [4.78, 5) is 15.3. The average molecular weight is 269 g/mol. The van der Waals surface area contributed by atoms with E-state index < -0.39 is 11.7 Å². The highest BCUT2D eigenvalue weighted by molar-refractivity contribution is 7.09. The van der Waals surface area contributed by atoms with Gasteiger partial charge in [-0.1, -0.05) is 13.8 Å². The zero-order valence-electron chi connectivity index (χ0n) is 11.4. The summed E-state index contributed by atoms with van der Waals surface area (Å²) in [5, 5.41) is 13.5. The van der Waals surface area contributed by atoms with Crippen LogP contribution in [0.25, 0.3) is 0 Å². The van der Waals surface area contributed by atoms with Crippen molar-refractivity contribution >= 4 is 17.4 Å². The lowest BCUT2D eigenvalue weighted by atomic mass is 10.2. The summed E-state index contributed by atoms with van der Waals surface area (Å²) in [6.07, 6.45) is -0.485. The lowest BCUT2D eigenvalue weighted by molar-refractivity contribution is 0.0523. The van der Waals surface area contributed by atoms with E-state index in [4.69, 9.17) is 10.00 Å². The lowest BCUT2D eigenvalue weighted by Gasteiger charge is -2.19. The van der Waals surface area contributed by atoms with Gasteiger partial charge >= 0.3 is 6.09 Å². The van der Waals surface area contributed by atoms with Crippen molar-refractivity contribution in [3.05, 3.63) is 16.1 Å². The molecule has 100 valence electrons. The van der Waals surface area contributed by atoms with E-state index >= 15 is 0 Å². The van der Waals surface area contributed by atoms with E-state index in [1.54, 1.807) is 26.2 Å². The van der Waals surface area contributed by atoms with E-state index in [0.29, 0.717) is 10.7 Å². The summed E-state index contributed by atoms with van der Waals surface area (Å²) >= 11 is 1.33. The Labute approximate surface area is 112 Å². The number of ether oxygens (including phenoxy) is 1. The summed E-state index contributed by atoms with van der Waals surface area (Å²) in [7, 11) is 0. The normalized spacial score (nSPS) is 9.78. The maximum atomic E-state index is 11.3. The maximum Gasteiger partial charge on any atom is 0.408 e. The number of rotatable bonds is 2. The zero-order chi connectivity index (χ0) is 14.2. The van der Waals surface area contributed by atoms with Crippen LogP contribution < -0.4 is 5.32 Å². The first kappa shape index (κ1) is 16.4. The van der Waals surface area contributed by atoms with Crippen LogP contribution in [-0.2, 0) is 11.3 Å². The van der Waals surface area contributed by atoms with Crippen LogP contribution in [0.3, 0.4) is 0 Å². The van der Waals surface area contributed by atoms with Gasteiger partial charge in [-0.05, 0) is 20.8 Å². The molecule has 0 aliphatic heterocycles. The first-order valence-corrected chi connectivity index (χ1v) is 6.60. The fraction of sp³-hybridized carbons (Fsp3) is 0.583. The minimum absolute atomic E-state index is 0.279. The van der Waals surface area contributed by atoms with Gasteiger partial charge < -0.3 is 10.1 Å². The van der Waals surface area contributed by atoms with Crippen molar-refractivity contribution in [3.8, 4) is 6.07 Å². The van der Waals surface area contributed by atoms with Crippen molar-refractivity contribution in [1.29, 1.82) is 5.26 Å². The number of amides is 1. The third-order valence-electron chi connectivity index (χ3n) is 1.45. The first-order valence-electron chi connectivity index (χ1n) is 5.72. The second-order valence-corrected chi connectivity index (χ2v) is 5.04. The highest BCUT2D eigenvalue weighted by Crippen LogP contribution is 2.09. The molecule has 1 amide bonds. The van der Waals surface area contributed by atoms with Crippen LogP contribution in [0.15, 0.2) is 5.38 Å². The Kier molecular flexibility index (Phi) is 6.98. The highest BCUT2D eigenvalue weighted by Gasteiger charge is 2.16. The number of carbonyl (C=O) groups is 1. The molecule has 1 heterocycles. The quantitative estimate of drug-likeness (QED) is 0.895. The zero-order valence-corrected chi connectivity index (χ0v) is 12.2. The molecule has 6 heteroatoms. The molecule has 0 aromatic carbocycles. The van der Waals surface area contributed by atoms with E-state index in [0.717, 1.165) is 0 Å². The molecule has 0 atom stereocenters. The minimum Gasteiger partial charge on any atom is -0.444 e. The van der Waals surface area contributed by atoms with Crippen molar-refractivity contribution in [2.24, 2.45) is 0 Å². The predicted molar refractivity (Wildman–Crippen MR) is 71.3 cm³/mol. The number of thiazole rings is 1. The Morgan fingerprint density at radius 3 is 2.61 bits per heavy atom. The fourth-order valence-corrected chi connectivity index (χ4v) is 1.57. The van der Waals surface area contributed by atoms with Crippen LogP contribution in [-0.4, -0.2) is 16.7 Å². The van der Waals surface area contributed by atoms with Crippen LogP contribution in [0, 0.1) is 11.3 Å².